The first kappa shape index (κ1) is 15.4. The van der Waals surface area contributed by atoms with Crippen molar-refractivity contribution in [1.29, 1.82) is 0 Å². The molecule has 2 amide bonds. The second-order valence-electron chi connectivity index (χ2n) is 5.86. The number of hydrogen-bond acceptors (Lipinski definition) is 2. The lowest BCUT2D eigenvalue weighted by atomic mass is 10.1. The van der Waals surface area contributed by atoms with Gasteiger partial charge in [0.2, 0.25) is 0 Å². The average Bonchev–Trinajstić information content (AvgIpc) is 2.62. The fraction of sp³-hybridized carbons (Fsp3) is 0.316. The summed E-state index contributed by atoms with van der Waals surface area (Å²) >= 11 is 0. The van der Waals surface area contributed by atoms with Gasteiger partial charge in [-0.25, -0.2) is 4.79 Å². The van der Waals surface area contributed by atoms with Gasteiger partial charge in [0.25, 0.3) is 0 Å². The number of amides is 2. The number of para-hydroxylation sites is 2. The Morgan fingerprint density at radius 1 is 0.913 bits per heavy atom. The van der Waals surface area contributed by atoms with Crippen LogP contribution in [0, 0.1) is 0 Å². The van der Waals surface area contributed by atoms with Crippen LogP contribution < -0.4 is 15.5 Å². The Kier molecular flexibility index (Phi) is 5.14. The van der Waals surface area contributed by atoms with Crippen LogP contribution in [-0.4, -0.2) is 19.1 Å². The van der Waals surface area contributed by atoms with Crippen molar-refractivity contribution < 1.29 is 4.79 Å². The summed E-state index contributed by atoms with van der Waals surface area (Å²) in [6.45, 7) is 2.65. The van der Waals surface area contributed by atoms with Gasteiger partial charge in [0, 0.05) is 19.6 Å². The van der Waals surface area contributed by atoms with Gasteiger partial charge in [-0.15, -0.1) is 0 Å². The van der Waals surface area contributed by atoms with Crippen LogP contribution in [0.1, 0.15) is 24.8 Å². The molecule has 23 heavy (non-hydrogen) atoms. The fourth-order valence-corrected chi connectivity index (χ4v) is 2.93. The second-order valence-corrected chi connectivity index (χ2v) is 5.86. The number of carbonyl (C=O) groups excluding carboxylic acids is 1. The normalized spacial score (nSPS) is 14.3. The molecule has 4 heteroatoms. The standard InChI is InChI=1S/C19H23N3O/c23-19(20-15-16-9-3-1-4-10-16)21-17-11-5-6-12-18(17)22-13-7-2-8-14-22/h1,3-6,9-12H,2,7-8,13-15H2,(H2,20,21,23). The molecule has 3 rings (SSSR count). The number of benzene rings is 2. The Hall–Kier alpha value is -2.49. The SMILES string of the molecule is O=C(NCc1ccccc1)Nc1ccccc1N1CCCCC1. The Balaban J connectivity index is 1.62. The molecule has 0 atom stereocenters. The highest BCUT2D eigenvalue weighted by molar-refractivity contribution is 5.93. The second kappa shape index (κ2) is 7.68. The van der Waals surface area contributed by atoms with E-state index in [4.69, 9.17) is 0 Å². The van der Waals surface area contributed by atoms with Crippen molar-refractivity contribution in [3.8, 4) is 0 Å². The third kappa shape index (κ3) is 4.25. The molecule has 1 aliphatic rings. The van der Waals surface area contributed by atoms with Crippen molar-refractivity contribution in [3.05, 3.63) is 60.2 Å². The number of rotatable bonds is 4. The summed E-state index contributed by atoms with van der Waals surface area (Å²) in [5.74, 6) is 0. The molecule has 2 aromatic rings. The minimum absolute atomic E-state index is 0.168. The number of piperidine rings is 1. The molecular formula is C19H23N3O. The zero-order chi connectivity index (χ0) is 15.9. The minimum Gasteiger partial charge on any atom is -0.370 e. The molecule has 1 aliphatic heterocycles. The summed E-state index contributed by atoms with van der Waals surface area (Å²) < 4.78 is 0. The van der Waals surface area contributed by atoms with E-state index in [-0.39, 0.29) is 6.03 Å². The van der Waals surface area contributed by atoms with Gasteiger partial charge >= 0.3 is 6.03 Å². The number of hydrogen-bond donors (Lipinski definition) is 2. The van der Waals surface area contributed by atoms with Gasteiger partial charge in [-0.3, -0.25) is 0 Å². The smallest absolute Gasteiger partial charge is 0.319 e. The lowest BCUT2D eigenvalue weighted by Gasteiger charge is -2.30. The molecular weight excluding hydrogens is 286 g/mol. The third-order valence-electron chi connectivity index (χ3n) is 4.14. The topological polar surface area (TPSA) is 44.4 Å². The Morgan fingerprint density at radius 2 is 1.61 bits per heavy atom. The number of carbonyl (C=O) groups is 1. The molecule has 2 aromatic carbocycles. The molecule has 2 N–H and O–H groups in total. The summed E-state index contributed by atoms with van der Waals surface area (Å²) in [6.07, 6.45) is 3.73. The van der Waals surface area contributed by atoms with Crippen LogP contribution in [-0.2, 0) is 6.54 Å². The van der Waals surface area contributed by atoms with Crippen LogP contribution in [0.15, 0.2) is 54.6 Å². The molecule has 0 radical (unpaired) electrons. The largest absolute Gasteiger partial charge is 0.370 e. The third-order valence-corrected chi connectivity index (χ3v) is 4.14. The first-order valence-corrected chi connectivity index (χ1v) is 8.26. The van der Waals surface area contributed by atoms with Crippen molar-refractivity contribution >= 4 is 17.4 Å². The predicted molar refractivity (Wildman–Crippen MR) is 94.8 cm³/mol. The lowest BCUT2D eigenvalue weighted by molar-refractivity contribution is 0.251. The number of nitrogens with zero attached hydrogens (tertiary/aromatic N) is 1. The lowest BCUT2D eigenvalue weighted by Crippen LogP contribution is -2.32. The van der Waals surface area contributed by atoms with Gasteiger partial charge in [0.15, 0.2) is 0 Å². The predicted octanol–water partition coefficient (Wildman–Crippen LogP) is 4.00. The molecule has 0 spiro atoms. The van der Waals surface area contributed by atoms with Gasteiger partial charge in [-0.05, 0) is 37.0 Å². The molecule has 0 aromatic heterocycles. The minimum atomic E-state index is -0.168. The maximum absolute atomic E-state index is 12.2. The van der Waals surface area contributed by atoms with E-state index in [0.29, 0.717) is 6.54 Å². The van der Waals surface area contributed by atoms with E-state index >= 15 is 0 Å². The first-order valence-electron chi connectivity index (χ1n) is 8.26. The van der Waals surface area contributed by atoms with E-state index in [0.717, 1.165) is 30.0 Å². The van der Waals surface area contributed by atoms with E-state index in [1.807, 2.05) is 48.5 Å². The van der Waals surface area contributed by atoms with Gasteiger partial charge in [0.1, 0.15) is 0 Å². The van der Waals surface area contributed by atoms with E-state index in [1.165, 1.54) is 19.3 Å². The molecule has 1 fully saturated rings. The van der Waals surface area contributed by atoms with Gasteiger partial charge in [-0.2, -0.15) is 0 Å². The van der Waals surface area contributed by atoms with Crippen molar-refractivity contribution in [3.63, 3.8) is 0 Å². The van der Waals surface area contributed by atoms with Crippen molar-refractivity contribution in [2.24, 2.45) is 0 Å². The molecule has 1 heterocycles. The van der Waals surface area contributed by atoms with Crippen LogP contribution in [0.4, 0.5) is 16.2 Å². The van der Waals surface area contributed by atoms with Gasteiger partial charge < -0.3 is 15.5 Å². The van der Waals surface area contributed by atoms with Crippen LogP contribution in [0.5, 0.6) is 0 Å². The summed E-state index contributed by atoms with van der Waals surface area (Å²) in [4.78, 5) is 14.5. The highest BCUT2D eigenvalue weighted by Gasteiger charge is 2.15. The quantitative estimate of drug-likeness (QED) is 0.896. The average molecular weight is 309 g/mol. The molecule has 0 saturated carbocycles. The Labute approximate surface area is 137 Å². The molecule has 4 nitrogen and oxygen atoms in total. The molecule has 120 valence electrons. The van der Waals surface area contributed by atoms with Crippen LogP contribution in [0.25, 0.3) is 0 Å². The zero-order valence-electron chi connectivity index (χ0n) is 13.3. The van der Waals surface area contributed by atoms with Crippen molar-refractivity contribution in [2.45, 2.75) is 25.8 Å². The maximum Gasteiger partial charge on any atom is 0.319 e. The molecule has 1 saturated heterocycles. The monoisotopic (exact) mass is 309 g/mol. The molecule has 0 aliphatic carbocycles. The Morgan fingerprint density at radius 3 is 2.39 bits per heavy atom. The van der Waals surface area contributed by atoms with Gasteiger partial charge in [-0.1, -0.05) is 42.5 Å². The summed E-state index contributed by atoms with van der Waals surface area (Å²) in [6, 6.07) is 17.8. The first-order chi connectivity index (χ1) is 11.3. The maximum atomic E-state index is 12.2. The van der Waals surface area contributed by atoms with Crippen LogP contribution >= 0.6 is 0 Å². The highest BCUT2D eigenvalue weighted by Crippen LogP contribution is 2.28. The van der Waals surface area contributed by atoms with E-state index in [1.54, 1.807) is 0 Å². The fourth-order valence-electron chi connectivity index (χ4n) is 2.93. The summed E-state index contributed by atoms with van der Waals surface area (Å²) in [5.41, 5.74) is 3.08. The number of urea groups is 1. The number of anilines is 2. The zero-order valence-corrected chi connectivity index (χ0v) is 13.3. The van der Waals surface area contributed by atoms with E-state index in [2.05, 4.69) is 21.6 Å². The van der Waals surface area contributed by atoms with E-state index in [9.17, 15) is 4.79 Å². The molecule has 0 unspecified atom stereocenters. The Bertz CT molecular complexity index is 636. The van der Waals surface area contributed by atoms with Crippen molar-refractivity contribution in [2.75, 3.05) is 23.3 Å². The van der Waals surface area contributed by atoms with Gasteiger partial charge in [0.05, 0.1) is 11.4 Å². The van der Waals surface area contributed by atoms with E-state index < -0.39 is 0 Å². The van der Waals surface area contributed by atoms with Crippen LogP contribution in [0.3, 0.4) is 0 Å². The number of nitrogens with one attached hydrogen (secondary N) is 2. The highest BCUT2D eigenvalue weighted by atomic mass is 16.2. The molecule has 0 bridgehead atoms. The summed E-state index contributed by atoms with van der Waals surface area (Å²) in [5, 5.41) is 5.90. The van der Waals surface area contributed by atoms with Crippen LogP contribution in [0.2, 0.25) is 0 Å². The summed E-state index contributed by atoms with van der Waals surface area (Å²) in [7, 11) is 0. The van der Waals surface area contributed by atoms with Crippen molar-refractivity contribution in [1.82, 2.24) is 5.32 Å².